The van der Waals surface area contributed by atoms with Crippen LogP contribution < -0.4 is 39.2 Å². The SMILES string of the molecule is CC(=O)O[C@@H]1CC[C@]2(CCCCCCCCCCCCCOCC(CO)NS(=O)(=O)[O-])O[C@@H]1[C@@H](CCCCC/C=C/C(=O)OC[C@@H](O)CO[P+]([O-])(O)OCC[N+](C)(C)C)O2.[Na+]. The van der Waals surface area contributed by atoms with Gasteiger partial charge in [0.2, 0.25) is 0 Å². The van der Waals surface area contributed by atoms with E-state index in [1.165, 1.54) is 38.7 Å². The number of rotatable bonds is 36. The molecule has 2 aliphatic heterocycles. The van der Waals surface area contributed by atoms with E-state index in [-0.39, 0.29) is 67.1 Å². The standard InChI is InChI=1S/C40H75N2O16PS.Na/c1-33(44)56-36-23-25-40(24-19-15-10-8-6-5-7-9-11-16-20-27-52-30-34(29-43)41-60(49,50)51)57-37(39(36)58-40)21-17-13-12-14-18-22-38(46)53-31-35(45)32-55-59(47,48)54-28-26-42(2,3)4;/h18,22,34-37,39,41,43,45H,5-17,19-21,23-32H2,1-4H3,(H-,47,48,49,50,51);/q;+1/b22-18+;/t34?,35-,36-,37-,39+,40+;/m1./s1. The van der Waals surface area contributed by atoms with Crippen LogP contribution in [0.4, 0.5) is 0 Å². The van der Waals surface area contributed by atoms with Crippen LogP contribution >= 0.6 is 8.17 Å². The van der Waals surface area contributed by atoms with E-state index in [0.29, 0.717) is 36.9 Å². The fraction of sp³-hybridized carbons (Fsp3) is 0.900. The van der Waals surface area contributed by atoms with Crippen LogP contribution in [0.3, 0.4) is 0 Å². The van der Waals surface area contributed by atoms with Gasteiger partial charge in [0.05, 0.1) is 46.5 Å². The summed E-state index contributed by atoms with van der Waals surface area (Å²) in [5.74, 6) is -1.59. The zero-order valence-electron chi connectivity index (χ0n) is 37.4. The van der Waals surface area contributed by atoms with E-state index < -0.39 is 62.2 Å². The molecule has 0 aromatic carbocycles. The molecule has 2 rings (SSSR count). The van der Waals surface area contributed by atoms with Crippen molar-refractivity contribution in [3.8, 4) is 0 Å². The van der Waals surface area contributed by atoms with Crippen molar-refractivity contribution in [2.75, 3.05) is 67.3 Å². The number of carbonyl (C=O) groups is 2. The number of phosphoric ester groups is 1. The number of hydrogen-bond donors (Lipinski definition) is 4. The molecule has 0 spiro atoms. The Bertz CT molecular complexity index is 1340. The molecule has 2 unspecified atom stereocenters. The number of aliphatic hydroxyl groups excluding tert-OH is 2. The minimum atomic E-state index is -4.62. The zero-order valence-corrected chi connectivity index (χ0v) is 41.1. The third-order valence-electron chi connectivity index (χ3n) is 10.3. The summed E-state index contributed by atoms with van der Waals surface area (Å²) in [6.45, 7) is 0.912. The number of carbonyl (C=O) groups excluding carboxylic acids is 2. The summed E-state index contributed by atoms with van der Waals surface area (Å²) in [6.07, 6.45) is 19.3. The van der Waals surface area contributed by atoms with Crippen LogP contribution in [0.25, 0.3) is 0 Å². The second-order valence-electron chi connectivity index (χ2n) is 16.9. The van der Waals surface area contributed by atoms with Gasteiger partial charge in [-0.15, -0.1) is 0 Å². The van der Waals surface area contributed by atoms with Gasteiger partial charge in [0.25, 0.3) is 0 Å². The molecule has 352 valence electrons. The van der Waals surface area contributed by atoms with Crippen molar-refractivity contribution in [2.45, 2.75) is 165 Å². The maximum atomic E-state index is 12.1. The normalized spacial score (nSPS) is 22.4. The van der Waals surface area contributed by atoms with Gasteiger partial charge in [-0.2, -0.15) is 13.9 Å². The Kier molecular flexibility index (Phi) is 30.2. The number of allylic oxidation sites excluding steroid dienone is 1. The van der Waals surface area contributed by atoms with Crippen molar-refractivity contribution in [1.82, 2.24) is 4.72 Å². The molecule has 18 nitrogen and oxygen atoms in total. The fourth-order valence-electron chi connectivity index (χ4n) is 7.09. The van der Waals surface area contributed by atoms with Crippen LogP contribution in [0, 0.1) is 0 Å². The number of nitrogens with zero attached hydrogens (tertiary/aromatic N) is 1. The Morgan fingerprint density at radius 3 is 2.15 bits per heavy atom. The van der Waals surface area contributed by atoms with Gasteiger partial charge in [0.15, 0.2) is 16.1 Å². The number of likely N-dealkylation sites (N-methyl/N-ethyl adjacent to an activating group) is 1. The molecular formula is C40H75N2NaO16PS+. The van der Waals surface area contributed by atoms with Gasteiger partial charge in [-0.25, -0.2) is 17.9 Å². The van der Waals surface area contributed by atoms with Crippen LogP contribution in [-0.2, 0) is 52.6 Å². The van der Waals surface area contributed by atoms with Gasteiger partial charge in [0, 0.05) is 32.4 Å². The number of nitrogens with one attached hydrogen (secondary N) is 1. The number of hydrogen-bond acceptors (Lipinski definition) is 16. The first-order chi connectivity index (χ1) is 28.3. The minimum absolute atomic E-state index is 0. The third kappa shape index (κ3) is 29.0. The smallest absolute Gasteiger partial charge is 0.735 e. The van der Waals surface area contributed by atoms with Crippen LogP contribution in [0.2, 0.25) is 0 Å². The summed E-state index contributed by atoms with van der Waals surface area (Å²) >= 11 is 0. The molecule has 0 aliphatic carbocycles. The monoisotopic (exact) mass is 925 g/mol. The second-order valence-corrected chi connectivity index (χ2v) is 19.5. The van der Waals surface area contributed by atoms with Crippen molar-refractivity contribution < 1.29 is 109 Å². The van der Waals surface area contributed by atoms with Crippen molar-refractivity contribution in [2.24, 2.45) is 0 Å². The fourth-order valence-corrected chi connectivity index (χ4v) is 8.39. The van der Waals surface area contributed by atoms with Gasteiger partial charge >= 0.3 is 49.7 Å². The van der Waals surface area contributed by atoms with Crippen LogP contribution in [0.15, 0.2) is 12.2 Å². The van der Waals surface area contributed by atoms with E-state index in [1.54, 1.807) is 10.8 Å². The molecule has 0 aromatic rings. The molecule has 2 bridgehead atoms. The number of fused-ring (bicyclic) bond motifs is 2. The molecule has 0 radical (unpaired) electrons. The zero-order chi connectivity index (χ0) is 44.5. The predicted octanol–water partition coefficient (Wildman–Crippen LogP) is 0.485. The van der Waals surface area contributed by atoms with Gasteiger partial charge in [0.1, 0.15) is 44.7 Å². The number of esters is 2. The van der Waals surface area contributed by atoms with Gasteiger partial charge in [-0.3, -0.25) is 4.79 Å². The number of quaternary nitrogens is 1. The number of phosphoric acid groups is 1. The largest absolute Gasteiger partial charge is 1.00 e. The summed E-state index contributed by atoms with van der Waals surface area (Å²) in [7, 11) is -3.22. The molecule has 0 aromatic heterocycles. The molecule has 0 saturated carbocycles. The Morgan fingerprint density at radius 1 is 0.918 bits per heavy atom. The molecule has 21 heteroatoms. The Labute approximate surface area is 387 Å². The number of aliphatic hydroxyl groups is 2. The number of unbranched alkanes of at least 4 members (excludes halogenated alkanes) is 13. The number of ether oxygens (including phenoxy) is 5. The average molecular weight is 926 g/mol. The topological polar surface area (TPSA) is 252 Å². The molecule has 2 fully saturated rings. The maximum absolute atomic E-state index is 12.1. The van der Waals surface area contributed by atoms with E-state index in [2.05, 4.69) is 0 Å². The van der Waals surface area contributed by atoms with E-state index in [4.69, 9.17) is 37.8 Å². The Hall–Kier alpha value is -0.420. The van der Waals surface area contributed by atoms with Gasteiger partial charge in [-0.05, 0) is 38.5 Å². The van der Waals surface area contributed by atoms with E-state index in [1.807, 2.05) is 21.1 Å². The first kappa shape index (κ1) is 58.6. The molecule has 0 amide bonds. The second kappa shape index (κ2) is 31.5. The minimum Gasteiger partial charge on any atom is -0.735 e. The molecule has 2 aliphatic rings. The first-order valence-electron chi connectivity index (χ1n) is 21.7. The summed E-state index contributed by atoms with van der Waals surface area (Å²) in [5.41, 5.74) is 0. The van der Waals surface area contributed by atoms with E-state index >= 15 is 0 Å². The maximum Gasteiger partial charge on any atom is 1.00 e. The molecular weight excluding hydrogens is 850 g/mol. The summed E-state index contributed by atoms with van der Waals surface area (Å²) in [5, 5.41) is 19.1. The van der Waals surface area contributed by atoms with E-state index in [9.17, 15) is 37.5 Å². The van der Waals surface area contributed by atoms with E-state index in [0.717, 1.165) is 77.0 Å². The summed E-state index contributed by atoms with van der Waals surface area (Å²) in [6, 6.07) is -0.920. The van der Waals surface area contributed by atoms with Crippen molar-refractivity contribution >= 4 is 30.4 Å². The van der Waals surface area contributed by atoms with Crippen LogP contribution in [-0.4, -0.2) is 148 Å². The third-order valence-corrected chi connectivity index (χ3v) is 11.9. The Morgan fingerprint density at radius 2 is 1.54 bits per heavy atom. The Balaban J connectivity index is 0.0000186. The predicted molar refractivity (Wildman–Crippen MR) is 220 cm³/mol. The van der Waals surface area contributed by atoms with Gasteiger partial charge in [-0.1, -0.05) is 76.7 Å². The molecule has 61 heavy (non-hydrogen) atoms. The van der Waals surface area contributed by atoms with Gasteiger partial charge < -0.3 is 47.8 Å². The van der Waals surface area contributed by atoms with Crippen molar-refractivity contribution in [3.63, 3.8) is 0 Å². The molecule has 2 saturated heterocycles. The summed E-state index contributed by atoms with van der Waals surface area (Å²) < 4.78 is 73.3. The van der Waals surface area contributed by atoms with Crippen LogP contribution in [0.5, 0.6) is 0 Å². The van der Waals surface area contributed by atoms with Crippen molar-refractivity contribution in [1.29, 1.82) is 0 Å². The quantitative estimate of drug-likeness (QED) is 0.0127. The molecule has 7 atom stereocenters. The molecule has 4 N–H and O–H groups in total. The first-order valence-corrected chi connectivity index (χ1v) is 24.6. The molecule has 2 heterocycles. The average Bonchev–Trinajstić information content (AvgIpc) is 3.45. The van der Waals surface area contributed by atoms with Crippen LogP contribution in [0.1, 0.15) is 129 Å². The summed E-state index contributed by atoms with van der Waals surface area (Å²) in [4.78, 5) is 45.6. The van der Waals surface area contributed by atoms with Crippen molar-refractivity contribution in [3.05, 3.63) is 12.2 Å².